The fourth-order valence-electron chi connectivity index (χ4n) is 1.94. The third kappa shape index (κ3) is 3.56. The molecule has 0 saturated heterocycles. The second-order valence-electron chi connectivity index (χ2n) is 4.86. The van der Waals surface area contributed by atoms with Crippen molar-refractivity contribution in [1.82, 2.24) is 4.98 Å². The standard InChI is InChI=1S/C16H17N3O/c1-16(20,14-5-3-2-4-6-14)9-10-18-15-8-7-13(11-17)12-19-15/h2-8,12,20H,9-10H2,1H3,(H,18,19). The number of hydrogen-bond donors (Lipinski definition) is 2. The molecule has 2 N–H and O–H groups in total. The molecule has 2 rings (SSSR count). The van der Waals surface area contributed by atoms with E-state index in [1.165, 1.54) is 6.20 Å². The van der Waals surface area contributed by atoms with Gasteiger partial charge < -0.3 is 10.4 Å². The van der Waals surface area contributed by atoms with E-state index in [1.807, 2.05) is 36.4 Å². The third-order valence-corrected chi connectivity index (χ3v) is 3.21. The van der Waals surface area contributed by atoms with E-state index < -0.39 is 5.60 Å². The zero-order chi connectivity index (χ0) is 14.4. The van der Waals surface area contributed by atoms with Crippen molar-refractivity contribution in [2.24, 2.45) is 0 Å². The van der Waals surface area contributed by atoms with Crippen LogP contribution in [0.2, 0.25) is 0 Å². The van der Waals surface area contributed by atoms with Crippen molar-refractivity contribution in [3.05, 3.63) is 59.8 Å². The van der Waals surface area contributed by atoms with Gasteiger partial charge in [-0.2, -0.15) is 5.26 Å². The van der Waals surface area contributed by atoms with Crippen LogP contribution >= 0.6 is 0 Å². The number of hydrogen-bond acceptors (Lipinski definition) is 4. The highest BCUT2D eigenvalue weighted by molar-refractivity contribution is 5.39. The molecule has 1 aromatic heterocycles. The molecule has 0 radical (unpaired) electrons. The Bertz CT molecular complexity index is 585. The van der Waals surface area contributed by atoms with Crippen LogP contribution in [0.15, 0.2) is 48.7 Å². The molecule has 0 spiro atoms. The van der Waals surface area contributed by atoms with Crippen molar-refractivity contribution in [3.8, 4) is 6.07 Å². The monoisotopic (exact) mass is 267 g/mol. The van der Waals surface area contributed by atoms with Gasteiger partial charge in [-0.3, -0.25) is 0 Å². The Morgan fingerprint density at radius 2 is 2.00 bits per heavy atom. The normalized spacial score (nSPS) is 13.2. The van der Waals surface area contributed by atoms with Gasteiger partial charge in [0.15, 0.2) is 0 Å². The predicted octanol–water partition coefficient (Wildman–Crippen LogP) is 2.66. The summed E-state index contributed by atoms with van der Waals surface area (Å²) in [7, 11) is 0. The quantitative estimate of drug-likeness (QED) is 0.873. The van der Waals surface area contributed by atoms with Gasteiger partial charge in [0.1, 0.15) is 11.9 Å². The first-order valence-electron chi connectivity index (χ1n) is 6.50. The summed E-state index contributed by atoms with van der Waals surface area (Å²) in [6.45, 7) is 2.40. The number of aliphatic hydroxyl groups is 1. The van der Waals surface area contributed by atoms with Crippen LogP contribution < -0.4 is 5.32 Å². The van der Waals surface area contributed by atoms with E-state index in [-0.39, 0.29) is 0 Å². The van der Waals surface area contributed by atoms with Crippen LogP contribution in [0, 0.1) is 11.3 Å². The Kier molecular flexibility index (Phi) is 4.34. The maximum atomic E-state index is 10.4. The van der Waals surface area contributed by atoms with Crippen LogP contribution in [0.3, 0.4) is 0 Å². The van der Waals surface area contributed by atoms with Gasteiger partial charge in [0.25, 0.3) is 0 Å². The largest absolute Gasteiger partial charge is 0.385 e. The van der Waals surface area contributed by atoms with Crippen molar-refractivity contribution in [1.29, 1.82) is 5.26 Å². The maximum Gasteiger partial charge on any atom is 0.125 e. The topological polar surface area (TPSA) is 68.9 Å². The summed E-state index contributed by atoms with van der Waals surface area (Å²) in [6.07, 6.45) is 2.09. The molecule has 1 atom stereocenters. The average molecular weight is 267 g/mol. The molecule has 1 unspecified atom stereocenters. The molecule has 0 bridgehead atoms. The number of nitriles is 1. The minimum Gasteiger partial charge on any atom is -0.385 e. The number of benzene rings is 1. The molecular formula is C16H17N3O. The van der Waals surface area contributed by atoms with Gasteiger partial charge in [0.2, 0.25) is 0 Å². The van der Waals surface area contributed by atoms with Crippen LogP contribution in [-0.2, 0) is 5.60 Å². The summed E-state index contributed by atoms with van der Waals surface area (Å²) in [5.74, 6) is 0.702. The third-order valence-electron chi connectivity index (χ3n) is 3.21. The molecule has 0 aliphatic rings. The predicted molar refractivity (Wildman–Crippen MR) is 78.1 cm³/mol. The molecule has 102 valence electrons. The summed E-state index contributed by atoms with van der Waals surface area (Å²) in [5, 5.41) is 22.3. The lowest BCUT2D eigenvalue weighted by Gasteiger charge is -2.24. The first-order valence-corrected chi connectivity index (χ1v) is 6.50. The fraction of sp³-hybridized carbons (Fsp3) is 0.250. The van der Waals surface area contributed by atoms with Gasteiger partial charge >= 0.3 is 0 Å². The number of pyridine rings is 1. The van der Waals surface area contributed by atoms with Crippen LogP contribution in [-0.4, -0.2) is 16.6 Å². The van der Waals surface area contributed by atoms with E-state index in [0.29, 0.717) is 24.3 Å². The first kappa shape index (κ1) is 14.0. The van der Waals surface area contributed by atoms with E-state index in [0.717, 1.165) is 5.56 Å². The van der Waals surface area contributed by atoms with E-state index in [9.17, 15) is 5.11 Å². The molecule has 1 aromatic carbocycles. The van der Waals surface area contributed by atoms with Gasteiger partial charge in [-0.15, -0.1) is 0 Å². The molecule has 0 fully saturated rings. The van der Waals surface area contributed by atoms with E-state index >= 15 is 0 Å². The number of nitrogens with one attached hydrogen (secondary N) is 1. The van der Waals surface area contributed by atoms with Crippen molar-refractivity contribution in [2.75, 3.05) is 11.9 Å². The second kappa shape index (κ2) is 6.18. The number of aromatic nitrogens is 1. The Morgan fingerprint density at radius 3 is 2.60 bits per heavy atom. The van der Waals surface area contributed by atoms with Crippen LogP contribution in [0.1, 0.15) is 24.5 Å². The lowest BCUT2D eigenvalue weighted by Crippen LogP contribution is -2.24. The summed E-state index contributed by atoms with van der Waals surface area (Å²) in [4.78, 5) is 4.13. The van der Waals surface area contributed by atoms with Gasteiger partial charge in [0.05, 0.1) is 11.2 Å². The van der Waals surface area contributed by atoms with Crippen LogP contribution in [0.5, 0.6) is 0 Å². The highest BCUT2D eigenvalue weighted by Gasteiger charge is 2.21. The van der Waals surface area contributed by atoms with E-state index in [1.54, 1.807) is 19.1 Å². The highest BCUT2D eigenvalue weighted by atomic mass is 16.3. The lowest BCUT2D eigenvalue weighted by molar-refractivity contribution is 0.0515. The molecule has 2 aromatic rings. The van der Waals surface area contributed by atoms with Gasteiger partial charge in [-0.05, 0) is 31.0 Å². The summed E-state index contributed by atoms with van der Waals surface area (Å²) >= 11 is 0. The molecule has 0 amide bonds. The van der Waals surface area contributed by atoms with E-state index in [2.05, 4.69) is 10.3 Å². The van der Waals surface area contributed by atoms with Gasteiger partial charge in [-0.1, -0.05) is 30.3 Å². The molecule has 0 aliphatic heterocycles. The van der Waals surface area contributed by atoms with Gasteiger partial charge in [0, 0.05) is 12.7 Å². The Morgan fingerprint density at radius 1 is 1.25 bits per heavy atom. The number of nitrogens with zero attached hydrogens (tertiary/aromatic N) is 2. The zero-order valence-corrected chi connectivity index (χ0v) is 11.4. The molecule has 1 heterocycles. The molecule has 0 aliphatic carbocycles. The number of anilines is 1. The second-order valence-corrected chi connectivity index (χ2v) is 4.86. The van der Waals surface area contributed by atoms with Gasteiger partial charge in [-0.25, -0.2) is 4.98 Å². The zero-order valence-electron chi connectivity index (χ0n) is 11.4. The summed E-state index contributed by atoms with van der Waals surface area (Å²) in [5.41, 5.74) is 0.558. The smallest absolute Gasteiger partial charge is 0.125 e. The Hall–Kier alpha value is -2.38. The highest BCUT2D eigenvalue weighted by Crippen LogP contribution is 2.23. The van der Waals surface area contributed by atoms with Crippen LogP contribution in [0.4, 0.5) is 5.82 Å². The molecule has 0 saturated carbocycles. The molecule has 20 heavy (non-hydrogen) atoms. The first-order chi connectivity index (χ1) is 9.62. The molecule has 4 nitrogen and oxygen atoms in total. The average Bonchev–Trinajstić information content (AvgIpc) is 2.49. The van der Waals surface area contributed by atoms with Crippen molar-refractivity contribution >= 4 is 5.82 Å². The molecule has 4 heteroatoms. The molecular weight excluding hydrogens is 250 g/mol. The van der Waals surface area contributed by atoms with Crippen LogP contribution in [0.25, 0.3) is 0 Å². The summed E-state index contributed by atoms with van der Waals surface area (Å²) in [6, 6.07) is 15.1. The SMILES string of the molecule is CC(O)(CCNc1ccc(C#N)cn1)c1ccccc1. The summed E-state index contributed by atoms with van der Waals surface area (Å²) < 4.78 is 0. The number of rotatable bonds is 5. The van der Waals surface area contributed by atoms with E-state index in [4.69, 9.17) is 5.26 Å². The Balaban J connectivity index is 1.90. The van der Waals surface area contributed by atoms with Crippen molar-refractivity contribution in [3.63, 3.8) is 0 Å². The lowest BCUT2D eigenvalue weighted by atomic mass is 9.93. The maximum absolute atomic E-state index is 10.4. The van der Waals surface area contributed by atoms with Crippen molar-refractivity contribution < 1.29 is 5.11 Å². The Labute approximate surface area is 118 Å². The fourth-order valence-corrected chi connectivity index (χ4v) is 1.94. The minimum absolute atomic E-state index is 0.534. The van der Waals surface area contributed by atoms with Crippen molar-refractivity contribution in [2.45, 2.75) is 18.9 Å². The minimum atomic E-state index is -0.874.